The summed E-state index contributed by atoms with van der Waals surface area (Å²) < 4.78 is 26.1. The summed E-state index contributed by atoms with van der Waals surface area (Å²) in [6.45, 7) is 2.69. The van der Waals surface area contributed by atoms with Gasteiger partial charge < -0.3 is 9.47 Å². The third kappa shape index (κ3) is 3.79. The lowest BCUT2D eigenvalue weighted by Gasteiger charge is -2.33. The van der Waals surface area contributed by atoms with Crippen molar-refractivity contribution in [2.24, 2.45) is 0 Å². The molecule has 2 bridgehead atoms. The molecule has 3 aromatic carbocycles. The van der Waals surface area contributed by atoms with Gasteiger partial charge >= 0.3 is 6.09 Å². The summed E-state index contributed by atoms with van der Waals surface area (Å²) in [6.07, 6.45) is 4.17. The molecule has 0 saturated carbocycles. The van der Waals surface area contributed by atoms with Gasteiger partial charge in [0.1, 0.15) is 18.2 Å². The van der Waals surface area contributed by atoms with Gasteiger partial charge in [0.05, 0.1) is 12.6 Å². The van der Waals surface area contributed by atoms with E-state index in [9.17, 15) is 9.18 Å². The standard InChI is InChI=1S/C30H28FNO3/c1-2-34-22-13-14-23(29(31)17-22)19-15-20-11-12-21(16-19)32(20)30(33)35-18-28-26-9-5-3-7-24(26)25-8-4-6-10-27(25)28/h3-10,13-15,17,20-21,28H,2,11-12,16,18H2,1H3. The maximum absolute atomic E-state index is 14.8. The fourth-order valence-electron chi connectivity index (χ4n) is 6.00. The van der Waals surface area contributed by atoms with E-state index in [2.05, 4.69) is 24.3 Å². The summed E-state index contributed by atoms with van der Waals surface area (Å²) in [7, 11) is 0. The molecule has 1 fully saturated rings. The molecule has 0 aromatic heterocycles. The highest BCUT2D eigenvalue weighted by Gasteiger charge is 2.41. The van der Waals surface area contributed by atoms with Gasteiger partial charge in [-0.1, -0.05) is 54.6 Å². The number of hydrogen-bond donors (Lipinski definition) is 0. The lowest BCUT2D eigenvalue weighted by Crippen LogP contribution is -2.43. The molecule has 1 amide bonds. The molecule has 2 unspecified atom stereocenters. The van der Waals surface area contributed by atoms with E-state index < -0.39 is 0 Å². The minimum atomic E-state index is -0.281. The quantitative estimate of drug-likeness (QED) is 0.413. The number of fused-ring (bicyclic) bond motifs is 5. The molecule has 2 aliphatic heterocycles. The average molecular weight is 470 g/mol. The van der Waals surface area contributed by atoms with Crippen LogP contribution >= 0.6 is 0 Å². The van der Waals surface area contributed by atoms with Crippen LogP contribution in [0.2, 0.25) is 0 Å². The summed E-state index contributed by atoms with van der Waals surface area (Å²) in [4.78, 5) is 15.1. The highest BCUT2D eigenvalue weighted by molar-refractivity contribution is 5.79. The number of nitrogens with zero attached hydrogens (tertiary/aromatic N) is 1. The second-order valence-corrected chi connectivity index (χ2v) is 9.48. The van der Waals surface area contributed by atoms with Gasteiger partial charge in [0.2, 0.25) is 0 Å². The molecule has 2 atom stereocenters. The number of hydrogen-bond acceptors (Lipinski definition) is 3. The molecule has 1 saturated heterocycles. The average Bonchev–Trinajstić information content (AvgIpc) is 3.33. The van der Waals surface area contributed by atoms with E-state index in [4.69, 9.17) is 9.47 Å². The number of benzene rings is 3. The van der Waals surface area contributed by atoms with Crippen LogP contribution in [-0.4, -0.2) is 36.3 Å². The number of amides is 1. The van der Waals surface area contributed by atoms with Crippen LogP contribution in [0.5, 0.6) is 5.75 Å². The van der Waals surface area contributed by atoms with Crippen LogP contribution in [0.4, 0.5) is 9.18 Å². The highest BCUT2D eigenvalue weighted by Crippen LogP contribution is 2.45. The first-order chi connectivity index (χ1) is 17.1. The van der Waals surface area contributed by atoms with E-state index in [1.165, 1.54) is 28.3 Å². The maximum Gasteiger partial charge on any atom is 0.410 e. The fourth-order valence-corrected chi connectivity index (χ4v) is 6.00. The van der Waals surface area contributed by atoms with Gasteiger partial charge in [0.25, 0.3) is 0 Å². The zero-order chi connectivity index (χ0) is 23.9. The summed E-state index contributed by atoms with van der Waals surface area (Å²) in [6, 6.07) is 21.7. The third-order valence-corrected chi connectivity index (χ3v) is 7.54. The second-order valence-electron chi connectivity index (χ2n) is 9.48. The fraction of sp³-hybridized carbons (Fsp3) is 0.300. The van der Waals surface area contributed by atoms with Crippen molar-refractivity contribution < 1.29 is 18.7 Å². The van der Waals surface area contributed by atoms with Gasteiger partial charge in [0.15, 0.2) is 0 Å². The van der Waals surface area contributed by atoms with Crippen molar-refractivity contribution in [2.45, 2.75) is 44.2 Å². The van der Waals surface area contributed by atoms with Crippen molar-refractivity contribution in [3.63, 3.8) is 0 Å². The Morgan fingerprint density at radius 2 is 1.69 bits per heavy atom. The van der Waals surface area contributed by atoms with Crippen LogP contribution in [0, 0.1) is 5.82 Å². The lowest BCUT2D eigenvalue weighted by molar-refractivity contribution is 0.0866. The number of ether oxygens (including phenoxy) is 2. The number of carbonyl (C=O) groups excluding carboxylic acids is 1. The van der Waals surface area contributed by atoms with Gasteiger partial charge in [0, 0.05) is 23.6 Å². The molecular formula is C30H28FNO3. The Morgan fingerprint density at radius 3 is 2.34 bits per heavy atom. The van der Waals surface area contributed by atoms with E-state index >= 15 is 0 Å². The first-order valence-corrected chi connectivity index (χ1v) is 12.4. The van der Waals surface area contributed by atoms with Gasteiger partial charge in [-0.2, -0.15) is 0 Å². The number of halogens is 1. The summed E-state index contributed by atoms with van der Waals surface area (Å²) in [5.41, 5.74) is 6.39. The lowest BCUT2D eigenvalue weighted by atomic mass is 9.94. The highest BCUT2D eigenvalue weighted by atomic mass is 19.1. The van der Waals surface area contributed by atoms with Gasteiger partial charge in [-0.3, -0.25) is 4.90 Å². The zero-order valence-electron chi connectivity index (χ0n) is 19.7. The van der Waals surface area contributed by atoms with Gasteiger partial charge in [-0.15, -0.1) is 0 Å². The Bertz CT molecular complexity index is 1270. The molecule has 5 heteroatoms. The second kappa shape index (κ2) is 8.88. The van der Waals surface area contributed by atoms with Crippen LogP contribution in [0.1, 0.15) is 48.8 Å². The molecule has 1 aliphatic carbocycles. The minimum Gasteiger partial charge on any atom is -0.494 e. The van der Waals surface area contributed by atoms with Crippen LogP contribution in [0.25, 0.3) is 16.7 Å². The van der Waals surface area contributed by atoms with Crippen LogP contribution in [0.15, 0.2) is 72.8 Å². The molecular weight excluding hydrogens is 441 g/mol. The van der Waals surface area contributed by atoms with Crippen molar-refractivity contribution in [3.8, 4) is 16.9 Å². The summed E-state index contributed by atoms with van der Waals surface area (Å²) in [5, 5.41) is 0. The van der Waals surface area contributed by atoms with Crippen molar-refractivity contribution >= 4 is 11.7 Å². The molecule has 0 spiro atoms. The minimum absolute atomic E-state index is 0.0293. The first-order valence-electron chi connectivity index (χ1n) is 12.4. The monoisotopic (exact) mass is 469 g/mol. The maximum atomic E-state index is 14.8. The smallest absolute Gasteiger partial charge is 0.410 e. The van der Waals surface area contributed by atoms with Crippen molar-refractivity contribution in [1.82, 2.24) is 4.90 Å². The van der Waals surface area contributed by atoms with Gasteiger partial charge in [-0.05, 0) is 66.1 Å². The van der Waals surface area contributed by atoms with Crippen LogP contribution in [0.3, 0.4) is 0 Å². The Morgan fingerprint density at radius 1 is 0.971 bits per heavy atom. The van der Waals surface area contributed by atoms with Crippen LogP contribution < -0.4 is 4.74 Å². The molecule has 35 heavy (non-hydrogen) atoms. The molecule has 4 nitrogen and oxygen atoms in total. The molecule has 3 aromatic rings. The molecule has 0 N–H and O–H groups in total. The normalized spacial score (nSPS) is 20.3. The van der Waals surface area contributed by atoms with E-state index in [0.717, 1.165) is 18.4 Å². The molecule has 3 aliphatic rings. The summed E-state index contributed by atoms with van der Waals surface area (Å²) in [5.74, 6) is 0.294. The predicted octanol–water partition coefficient (Wildman–Crippen LogP) is 6.79. The largest absolute Gasteiger partial charge is 0.494 e. The predicted molar refractivity (Wildman–Crippen MR) is 134 cm³/mol. The van der Waals surface area contributed by atoms with Crippen molar-refractivity contribution in [3.05, 3.63) is 95.3 Å². The molecule has 178 valence electrons. The number of carbonyl (C=O) groups is 1. The van der Waals surface area contributed by atoms with Crippen molar-refractivity contribution in [2.75, 3.05) is 13.2 Å². The van der Waals surface area contributed by atoms with E-state index in [0.29, 0.717) is 30.9 Å². The Hall–Kier alpha value is -3.60. The third-order valence-electron chi connectivity index (χ3n) is 7.54. The molecule has 2 heterocycles. The van der Waals surface area contributed by atoms with E-state index in [-0.39, 0.29) is 29.9 Å². The Labute approximate surface area is 205 Å². The number of rotatable bonds is 5. The SMILES string of the molecule is CCOc1ccc(C2=CC3CCC(C2)N3C(=O)OCC2c3ccccc3-c3ccccc32)c(F)c1. The van der Waals surface area contributed by atoms with Gasteiger partial charge in [-0.25, -0.2) is 9.18 Å². The Balaban J connectivity index is 1.18. The topological polar surface area (TPSA) is 38.8 Å². The summed E-state index contributed by atoms with van der Waals surface area (Å²) >= 11 is 0. The molecule has 6 rings (SSSR count). The zero-order valence-corrected chi connectivity index (χ0v) is 19.7. The van der Waals surface area contributed by atoms with Crippen molar-refractivity contribution in [1.29, 1.82) is 0 Å². The van der Waals surface area contributed by atoms with Crippen LogP contribution in [-0.2, 0) is 4.74 Å². The Kier molecular flexibility index (Phi) is 5.56. The van der Waals surface area contributed by atoms with E-state index in [1.807, 2.05) is 48.2 Å². The van der Waals surface area contributed by atoms with E-state index in [1.54, 1.807) is 6.07 Å². The first kappa shape index (κ1) is 21.9. The molecule has 0 radical (unpaired) electrons.